The van der Waals surface area contributed by atoms with E-state index in [1.54, 1.807) is 0 Å². The van der Waals surface area contributed by atoms with Gasteiger partial charge in [-0.15, -0.1) is 0 Å². The minimum absolute atomic E-state index is 0.0108. The highest BCUT2D eigenvalue weighted by Gasteiger charge is 2.12. The molecule has 0 saturated carbocycles. The molecule has 1 rings (SSSR count). The van der Waals surface area contributed by atoms with Crippen molar-refractivity contribution in [3.8, 4) is 0 Å². The van der Waals surface area contributed by atoms with Crippen molar-refractivity contribution in [3.05, 3.63) is 35.1 Å². The Kier molecular flexibility index (Phi) is 5.92. The summed E-state index contributed by atoms with van der Waals surface area (Å²) in [7, 11) is 1.87. The summed E-state index contributed by atoms with van der Waals surface area (Å²) in [6.07, 6.45) is 0.175. The van der Waals surface area contributed by atoms with Crippen LogP contribution in [0.25, 0.3) is 0 Å². The third-order valence-electron chi connectivity index (χ3n) is 2.67. The molecular weight excluding hydrogens is 249 g/mol. The van der Waals surface area contributed by atoms with E-state index in [1.807, 2.05) is 25.8 Å². The van der Waals surface area contributed by atoms with Crippen LogP contribution in [-0.2, 0) is 11.3 Å². The average Bonchev–Trinajstić information content (AvgIpc) is 2.30. The first-order valence-corrected chi connectivity index (χ1v) is 6.22. The second-order valence-electron chi connectivity index (χ2n) is 4.76. The van der Waals surface area contributed by atoms with Crippen molar-refractivity contribution in [2.24, 2.45) is 0 Å². The topological polar surface area (TPSA) is 49.8 Å². The molecule has 0 amide bonds. The van der Waals surface area contributed by atoms with Crippen LogP contribution in [0.2, 0.25) is 0 Å². The van der Waals surface area contributed by atoms with E-state index in [4.69, 9.17) is 9.84 Å². The molecule has 0 bridgehead atoms. The summed E-state index contributed by atoms with van der Waals surface area (Å²) in [6, 6.07) is 3.84. The summed E-state index contributed by atoms with van der Waals surface area (Å²) >= 11 is 0. The minimum atomic E-state index is -1.11. The Hall–Kier alpha value is -1.46. The van der Waals surface area contributed by atoms with Gasteiger partial charge in [0.1, 0.15) is 5.82 Å². The van der Waals surface area contributed by atoms with Crippen LogP contribution >= 0.6 is 0 Å². The van der Waals surface area contributed by atoms with Gasteiger partial charge in [-0.3, -0.25) is 4.90 Å². The normalized spacial score (nSPS) is 11.3. The molecule has 0 radical (unpaired) electrons. The molecule has 1 aromatic carbocycles. The summed E-state index contributed by atoms with van der Waals surface area (Å²) < 4.78 is 18.5. The molecule has 1 aromatic rings. The van der Waals surface area contributed by atoms with E-state index in [9.17, 15) is 9.18 Å². The van der Waals surface area contributed by atoms with Crippen molar-refractivity contribution >= 4 is 5.97 Å². The van der Waals surface area contributed by atoms with Crippen LogP contribution < -0.4 is 0 Å². The maximum atomic E-state index is 13.0. The monoisotopic (exact) mass is 269 g/mol. The number of hydrogen-bond acceptors (Lipinski definition) is 3. The maximum absolute atomic E-state index is 13.0. The van der Waals surface area contributed by atoms with Gasteiger partial charge in [0.15, 0.2) is 0 Å². The highest BCUT2D eigenvalue weighted by molar-refractivity contribution is 5.89. The zero-order chi connectivity index (χ0) is 14.4. The largest absolute Gasteiger partial charge is 0.478 e. The van der Waals surface area contributed by atoms with Gasteiger partial charge in [-0.25, -0.2) is 9.18 Å². The molecule has 5 heteroatoms. The number of carboxylic acid groups (broad SMARTS) is 1. The van der Waals surface area contributed by atoms with E-state index < -0.39 is 11.8 Å². The molecule has 0 aliphatic rings. The fraction of sp³-hybridized carbons (Fsp3) is 0.500. The number of likely N-dealkylation sites (N-methyl/N-ethyl adjacent to an activating group) is 1. The molecule has 0 spiro atoms. The third kappa shape index (κ3) is 5.36. The summed E-state index contributed by atoms with van der Waals surface area (Å²) in [5.41, 5.74) is 0.609. The fourth-order valence-electron chi connectivity index (χ4n) is 1.70. The predicted molar refractivity (Wildman–Crippen MR) is 70.8 cm³/mol. The second kappa shape index (κ2) is 7.21. The Balaban J connectivity index is 2.63. The highest BCUT2D eigenvalue weighted by Crippen LogP contribution is 2.13. The molecular formula is C14H20FNO3. The molecule has 106 valence electrons. The molecule has 1 N–H and O–H groups in total. The number of hydrogen-bond donors (Lipinski definition) is 1. The Bertz CT molecular complexity index is 435. The smallest absolute Gasteiger partial charge is 0.336 e. The molecule has 4 nitrogen and oxygen atoms in total. The van der Waals surface area contributed by atoms with Crippen LogP contribution in [0.1, 0.15) is 29.8 Å². The Labute approximate surface area is 112 Å². The molecule has 0 saturated heterocycles. The van der Waals surface area contributed by atoms with Crippen molar-refractivity contribution < 1.29 is 19.0 Å². The van der Waals surface area contributed by atoms with Crippen LogP contribution in [0.4, 0.5) is 4.39 Å². The van der Waals surface area contributed by atoms with E-state index >= 15 is 0 Å². The average molecular weight is 269 g/mol. The molecule has 0 fully saturated rings. The van der Waals surface area contributed by atoms with Crippen molar-refractivity contribution in [2.75, 3.05) is 20.2 Å². The number of halogens is 1. The summed E-state index contributed by atoms with van der Waals surface area (Å²) in [5.74, 6) is -1.65. The van der Waals surface area contributed by atoms with Crippen molar-refractivity contribution in [1.82, 2.24) is 4.90 Å². The lowest BCUT2D eigenvalue weighted by Gasteiger charge is -2.18. The Morgan fingerprint density at radius 3 is 2.74 bits per heavy atom. The van der Waals surface area contributed by atoms with E-state index in [2.05, 4.69) is 0 Å². The van der Waals surface area contributed by atoms with Gasteiger partial charge in [0.2, 0.25) is 0 Å². The van der Waals surface area contributed by atoms with E-state index in [0.717, 1.165) is 6.07 Å². The number of aromatic carboxylic acids is 1. The first-order chi connectivity index (χ1) is 8.90. The molecule has 0 atom stereocenters. The molecule has 0 unspecified atom stereocenters. The molecule has 0 aliphatic heterocycles. The van der Waals surface area contributed by atoms with E-state index in [-0.39, 0.29) is 11.7 Å². The van der Waals surface area contributed by atoms with Gasteiger partial charge in [0, 0.05) is 13.1 Å². The van der Waals surface area contributed by atoms with Gasteiger partial charge in [-0.05, 0) is 38.6 Å². The van der Waals surface area contributed by atoms with Crippen LogP contribution in [0, 0.1) is 5.82 Å². The zero-order valence-corrected chi connectivity index (χ0v) is 11.5. The predicted octanol–water partition coefficient (Wildman–Crippen LogP) is 2.38. The van der Waals surface area contributed by atoms with E-state index in [0.29, 0.717) is 25.3 Å². The van der Waals surface area contributed by atoms with Crippen molar-refractivity contribution in [3.63, 3.8) is 0 Å². The molecule has 0 aliphatic carbocycles. The number of carboxylic acids is 1. The SMILES string of the molecule is CC(C)OCCN(C)Cc1ccc(F)cc1C(=O)O. The Morgan fingerprint density at radius 2 is 2.16 bits per heavy atom. The van der Waals surface area contributed by atoms with Gasteiger partial charge in [0.05, 0.1) is 18.3 Å². The molecule has 19 heavy (non-hydrogen) atoms. The number of carbonyl (C=O) groups is 1. The molecule has 0 heterocycles. The fourth-order valence-corrected chi connectivity index (χ4v) is 1.70. The second-order valence-corrected chi connectivity index (χ2v) is 4.76. The zero-order valence-electron chi connectivity index (χ0n) is 11.5. The van der Waals surface area contributed by atoms with E-state index in [1.165, 1.54) is 12.1 Å². The number of nitrogens with zero attached hydrogens (tertiary/aromatic N) is 1. The lowest BCUT2D eigenvalue weighted by atomic mass is 10.1. The quantitative estimate of drug-likeness (QED) is 0.825. The standard InChI is InChI=1S/C14H20FNO3/c1-10(2)19-7-6-16(3)9-11-4-5-12(15)8-13(11)14(17)18/h4-5,8,10H,6-7,9H2,1-3H3,(H,17,18). The van der Waals surface area contributed by atoms with Crippen LogP contribution in [0.15, 0.2) is 18.2 Å². The minimum Gasteiger partial charge on any atom is -0.478 e. The van der Waals surface area contributed by atoms with Crippen molar-refractivity contribution in [1.29, 1.82) is 0 Å². The van der Waals surface area contributed by atoms with Gasteiger partial charge < -0.3 is 9.84 Å². The number of benzene rings is 1. The van der Waals surface area contributed by atoms with Gasteiger partial charge in [0.25, 0.3) is 0 Å². The highest BCUT2D eigenvalue weighted by atomic mass is 19.1. The lowest BCUT2D eigenvalue weighted by molar-refractivity contribution is 0.0624. The molecule has 0 aromatic heterocycles. The summed E-state index contributed by atoms with van der Waals surface area (Å²) in [6.45, 7) is 5.64. The number of rotatable bonds is 7. The summed E-state index contributed by atoms with van der Waals surface area (Å²) in [5, 5.41) is 9.04. The van der Waals surface area contributed by atoms with Crippen LogP contribution in [-0.4, -0.2) is 42.3 Å². The van der Waals surface area contributed by atoms with Crippen LogP contribution in [0.5, 0.6) is 0 Å². The first kappa shape index (κ1) is 15.6. The Morgan fingerprint density at radius 1 is 1.47 bits per heavy atom. The summed E-state index contributed by atoms with van der Waals surface area (Å²) in [4.78, 5) is 13.0. The van der Waals surface area contributed by atoms with Gasteiger partial charge in [-0.2, -0.15) is 0 Å². The number of ether oxygens (including phenoxy) is 1. The lowest BCUT2D eigenvalue weighted by Crippen LogP contribution is -2.25. The maximum Gasteiger partial charge on any atom is 0.336 e. The van der Waals surface area contributed by atoms with Crippen LogP contribution in [0.3, 0.4) is 0 Å². The van der Waals surface area contributed by atoms with Gasteiger partial charge in [-0.1, -0.05) is 6.07 Å². The third-order valence-corrected chi connectivity index (χ3v) is 2.67. The van der Waals surface area contributed by atoms with Gasteiger partial charge >= 0.3 is 5.97 Å². The first-order valence-electron chi connectivity index (χ1n) is 6.22. The van der Waals surface area contributed by atoms with Crippen molar-refractivity contribution in [2.45, 2.75) is 26.5 Å².